The predicted molar refractivity (Wildman–Crippen MR) is 79.8 cm³/mol. The topological polar surface area (TPSA) is 84.2 Å². The molecule has 1 aliphatic rings. The highest BCUT2D eigenvalue weighted by molar-refractivity contribution is 5.92. The Kier molecular flexibility index (Phi) is 4.10. The number of carbonyl (C=O) groups excluding carboxylic acids is 1. The molecule has 0 spiro atoms. The molecule has 23 heavy (non-hydrogen) atoms. The maximum absolute atomic E-state index is 13.7. The van der Waals surface area contributed by atoms with Gasteiger partial charge in [-0.05, 0) is 37.5 Å². The number of carboxylic acids is 1. The molecular formula is C16H16FN3O3. The number of aliphatic carboxylic acids is 1. The van der Waals surface area contributed by atoms with E-state index in [1.54, 1.807) is 18.2 Å². The summed E-state index contributed by atoms with van der Waals surface area (Å²) in [6, 6.07) is 7.49. The molecule has 6 nitrogen and oxygen atoms in total. The molecule has 0 radical (unpaired) electrons. The van der Waals surface area contributed by atoms with E-state index in [0.717, 1.165) is 0 Å². The molecule has 0 bridgehead atoms. The Morgan fingerprint density at radius 3 is 2.74 bits per heavy atom. The van der Waals surface area contributed by atoms with Gasteiger partial charge in [0.25, 0.3) is 5.91 Å². The van der Waals surface area contributed by atoms with E-state index in [1.165, 1.54) is 23.0 Å². The smallest absolute Gasteiger partial charge is 0.306 e. The first-order chi connectivity index (χ1) is 11.0. The second kappa shape index (κ2) is 6.20. The Morgan fingerprint density at radius 2 is 2.04 bits per heavy atom. The number of carboxylic acid groups (broad SMARTS) is 1. The molecule has 0 unspecified atom stereocenters. The fourth-order valence-electron chi connectivity index (χ4n) is 2.81. The van der Waals surface area contributed by atoms with Crippen LogP contribution in [0, 0.1) is 11.7 Å². The molecule has 120 valence electrons. The molecule has 0 saturated heterocycles. The van der Waals surface area contributed by atoms with Crippen LogP contribution in [0.15, 0.2) is 36.5 Å². The summed E-state index contributed by atoms with van der Waals surface area (Å²) in [6.45, 7) is 0. The number of hydrogen-bond acceptors (Lipinski definition) is 3. The minimum Gasteiger partial charge on any atom is -0.481 e. The molecule has 0 aliphatic heterocycles. The monoisotopic (exact) mass is 317 g/mol. The maximum Gasteiger partial charge on any atom is 0.306 e. The van der Waals surface area contributed by atoms with Gasteiger partial charge in [-0.1, -0.05) is 12.1 Å². The summed E-state index contributed by atoms with van der Waals surface area (Å²) in [5, 5.41) is 15.8. The number of amides is 1. The van der Waals surface area contributed by atoms with Crippen molar-refractivity contribution in [1.82, 2.24) is 15.1 Å². The second-order valence-electron chi connectivity index (χ2n) is 5.62. The standard InChI is InChI=1S/C16H16FN3O3/c17-12-3-1-2-4-14(12)20-8-7-13(19-20)15(21)18-11-6-5-10(9-11)16(22)23/h1-4,7-8,10-11H,5-6,9H2,(H,18,21)(H,22,23)/t10-,11+/m0/s1. The summed E-state index contributed by atoms with van der Waals surface area (Å²) in [5.41, 5.74) is 0.436. The number of nitrogens with one attached hydrogen (secondary N) is 1. The van der Waals surface area contributed by atoms with Crippen molar-refractivity contribution in [2.75, 3.05) is 0 Å². The zero-order valence-electron chi connectivity index (χ0n) is 12.3. The van der Waals surface area contributed by atoms with Crippen LogP contribution >= 0.6 is 0 Å². The van der Waals surface area contributed by atoms with E-state index < -0.39 is 17.7 Å². The third-order valence-corrected chi connectivity index (χ3v) is 4.04. The number of aromatic nitrogens is 2. The highest BCUT2D eigenvalue weighted by Gasteiger charge is 2.31. The predicted octanol–water partition coefficient (Wildman–Crippen LogP) is 1.99. The van der Waals surface area contributed by atoms with Crippen molar-refractivity contribution in [3.05, 3.63) is 48.0 Å². The molecule has 2 aromatic rings. The van der Waals surface area contributed by atoms with Gasteiger partial charge in [0.15, 0.2) is 5.69 Å². The fraction of sp³-hybridized carbons (Fsp3) is 0.312. The van der Waals surface area contributed by atoms with E-state index in [1.807, 2.05) is 0 Å². The molecule has 1 saturated carbocycles. The lowest BCUT2D eigenvalue weighted by Gasteiger charge is -2.11. The average molecular weight is 317 g/mol. The normalized spacial score (nSPS) is 20.4. The van der Waals surface area contributed by atoms with Gasteiger partial charge in [0.2, 0.25) is 0 Å². The fourth-order valence-corrected chi connectivity index (χ4v) is 2.81. The number of benzene rings is 1. The SMILES string of the molecule is O=C(N[C@@H]1CC[C@H](C(=O)O)C1)c1ccn(-c2ccccc2F)n1. The van der Waals surface area contributed by atoms with Crippen LogP contribution in [-0.4, -0.2) is 32.8 Å². The molecule has 2 N–H and O–H groups in total. The molecule has 1 aliphatic carbocycles. The first-order valence-corrected chi connectivity index (χ1v) is 7.39. The highest BCUT2D eigenvalue weighted by Crippen LogP contribution is 2.25. The quantitative estimate of drug-likeness (QED) is 0.903. The van der Waals surface area contributed by atoms with Gasteiger partial charge in [0.05, 0.1) is 5.92 Å². The van der Waals surface area contributed by atoms with Crippen molar-refractivity contribution >= 4 is 11.9 Å². The highest BCUT2D eigenvalue weighted by atomic mass is 19.1. The van der Waals surface area contributed by atoms with Crippen LogP contribution in [0.1, 0.15) is 29.8 Å². The van der Waals surface area contributed by atoms with Crippen molar-refractivity contribution in [1.29, 1.82) is 0 Å². The van der Waals surface area contributed by atoms with Crippen LogP contribution in [0.5, 0.6) is 0 Å². The van der Waals surface area contributed by atoms with E-state index in [2.05, 4.69) is 10.4 Å². The van der Waals surface area contributed by atoms with Crippen molar-refractivity contribution in [3.63, 3.8) is 0 Å². The lowest BCUT2D eigenvalue weighted by molar-refractivity contribution is -0.141. The number of para-hydroxylation sites is 1. The lowest BCUT2D eigenvalue weighted by Crippen LogP contribution is -2.33. The lowest BCUT2D eigenvalue weighted by atomic mass is 10.1. The van der Waals surface area contributed by atoms with Crippen LogP contribution in [0.4, 0.5) is 4.39 Å². The minimum atomic E-state index is -0.828. The van der Waals surface area contributed by atoms with E-state index >= 15 is 0 Å². The van der Waals surface area contributed by atoms with E-state index in [9.17, 15) is 14.0 Å². The third kappa shape index (κ3) is 3.23. The Balaban J connectivity index is 1.68. The Labute approximate surface area is 131 Å². The first kappa shape index (κ1) is 15.2. The van der Waals surface area contributed by atoms with Gasteiger partial charge >= 0.3 is 5.97 Å². The summed E-state index contributed by atoms with van der Waals surface area (Å²) >= 11 is 0. The van der Waals surface area contributed by atoms with Crippen molar-refractivity contribution in [2.24, 2.45) is 5.92 Å². The van der Waals surface area contributed by atoms with Gasteiger partial charge in [-0.2, -0.15) is 5.10 Å². The molecule has 1 aromatic heterocycles. The van der Waals surface area contributed by atoms with Gasteiger partial charge < -0.3 is 10.4 Å². The number of halogens is 1. The largest absolute Gasteiger partial charge is 0.481 e. The zero-order chi connectivity index (χ0) is 16.4. The summed E-state index contributed by atoms with van der Waals surface area (Å²) in [6.07, 6.45) is 3.14. The van der Waals surface area contributed by atoms with Crippen LogP contribution in [0.25, 0.3) is 5.69 Å². The minimum absolute atomic E-state index is 0.165. The molecule has 1 heterocycles. The van der Waals surface area contributed by atoms with E-state index in [4.69, 9.17) is 5.11 Å². The van der Waals surface area contributed by atoms with Crippen molar-refractivity contribution in [2.45, 2.75) is 25.3 Å². The second-order valence-corrected chi connectivity index (χ2v) is 5.62. The van der Waals surface area contributed by atoms with Gasteiger partial charge in [-0.15, -0.1) is 0 Å². The Bertz CT molecular complexity index is 744. The third-order valence-electron chi connectivity index (χ3n) is 4.04. The first-order valence-electron chi connectivity index (χ1n) is 7.39. The number of hydrogen-bond donors (Lipinski definition) is 2. The van der Waals surface area contributed by atoms with Crippen LogP contribution in [0.3, 0.4) is 0 Å². The van der Waals surface area contributed by atoms with E-state index in [0.29, 0.717) is 19.3 Å². The molecule has 2 atom stereocenters. The van der Waals surface area contributed by atoms with Gasteiger partial charge in [-0.3, -0.25) is 9.59 Å². The van der Waals surface area contributed by atoms with Crippen molar-refractivity contribution < 1.29 is 19.1 Å². The van der Waals surface area contributed by atoms with E-state index in [-0.39, 0.29) is 23.3 Å². The summed E-state index contributed by atoms with van der Waals surface area (Å²) in [5.74, 6) is -2.04. The number of nitrogens with zero attached hydrogens (tertiary/aromatic N) is 2. The average Bonchev–Trinajstić information content (AvgIpc) is 3.16. The van der Waals surface area contributed by atoms with Gasteiger partial charge in [-0.25, -0.2) is 9.07 Å². The maximum atomic E-state index is 13.7. The van der Waals surface area contributed by atoms with Crippen LogP contribution in [0.2, 0.25) is 0 Å². The molecule has 7 heteroatoms. The summed E-state index contributed by atoms with van der Waals surface area (Å²) in [7, 11) is 0. The molecule has 3 rings (SSSR count). The van der Waals surface area contributed by atoms with Gasteiger partial charge in [0, 0.05) is 12.2 Å². The molecule has 1 fully saturated rings. The molecular weight excluding hydrogens is 301 g/mol. The number of rotatable bonds is 4. The number of carbonyl (C=O) groups is 2. The van der Waals surface area contributed by atoms with Crippen LogP contribution in [-0.2, 0) is 4.79 Å². The zero-order valence-corrected chi connectivity index (χ0v) is 12.3. The Morgan fingerprint density at radius 1 is 1.26 bits per heavy atom. The molecule has 1 aromatic carbocycles. The summed E-state index contributed by atoms with van der Waals surface area (Å²) in [4.78, 5) is 23.1. The van der Waals surface area contributed by atoms with Gasteiger partial charge in [0.1, 0.15) is 11.5 Å². The van der Waals surface area contributed by atoms with Crippen molar-refractivity contribution in [3.8, 4) is 5.69 Å². The molecule has 1 amide bonds. The Hall–Kier alpha value is -2.70. The van der Waals surface area contributed by atoms with Crippen LogP contribution < -0.4 is 5.32 Å². The summed E-state index contributed by atoms with van der Waals surface area (Å²) < 4.78 is 15.0.